The number of benzene rings is 1. The minimum atomic E-state index is 0.837. The second-order valence-electron chi connectivity index (χ2n) is 3.87. The Balaban J connectivity index is 2.06. The second kappa shape index (κ2) is 3.70. The molecular formula is C13H15N. The first-order chi connectivity index (χ1) is 6.74. The SMILES string of the molecule is CC1=CCC(Cc2ccc(N)cc2)=C1. The van der Waals surface area contributed by atoms with Gasteiger partial charge in [-0.2, -0.15) is 0 Å². The van der Waals surface area contributed by atoms with Crippen LogP contribution in [-0.4, -0.2) is 0 Å². The summed E-state index contributed by atoms with van der Waals surface area (Å²) in [6.45, 7) is 2.15. The van der Waals surface area contributed by atoms with E-state index in [4.69, 9.17) is 5.73 Å². The van der Waals surface area contributed by atoms with Crippen molar-refractivity contribution >= 4 is 5.69 Å². The van der Waals surface area contributed by atoms with Crippen LogP contribution in [0.3, 0.4) is 0 Å². The first kappa shape index (κ1) is 9.07. The molecule has 1 nitrogen and oxygen atoms in total. The average Bonchev–Trinajstić information content (AvgIpc) is 2.56. The van der Waals surface area contributed by atoms with Gasteiger partial charge in [0.1, 0.15) is 0 Å². The molecule has 1 aliphatic carbocycles. The number of rotatable bonds is 2. The van der Waals surface area contributed by atoms with Crippen LogP contribution in [0.1, 0.15) is 18.9 Å². The molecule has 2 rings (SSSR count). The molecule has 0 radical (unpaired) electrons. The molecule has 2 N–H and O–H groups in total. The zero-order valence-corrected chi connectivity index (χ0v) is 8.46. The molecule has 14 heavy (non-hydrogen) atoms. The Hall–Kier alpha value is -1.50. The molecule has 0 fully saturated rings. The van der Waals surface area contributed by atoms with Gasteiger partial charge in [-0.05, 0) is 37.5 Å². The van der Waals surface area contributed by atoms with E-state index < -0.39 is 0 Å². The molecule has 0 saturated heterocycles. The van der Waals surface area contributed by atoms with Crippen LogP contribution in [-0.2, 0) is 6.42 Å². The predicted molar refractivity (Wildman–Crippen MR) is 61.0 cm³/mol. The maximum Gasteiger partial charge on any atom is 0.0314 e. The molecule has 1 aromatic carbocycles. The highest BCUT2D eigenvalue weighted by atomic mass is 14.5. The molecule has 0 aromatic heterocycles. The van der Waals surface area contributed by atoms with Gasteiger partial charge >= 0.3 is 0 Å². The van der Waals surface area contributed by atoms with Crippen molar-refractivity contribution in [2.75, 3.05) is 5.73 Å². The fraction of sp³-hybridized carbons (Fsp3) is 0.231. The van der Waals surface area contributed by atoms with Gasteiger partial charge in [0.05, 0.1) is 0 Å². The van der Waals surface area contributed by atoms with Crippen LogP contribution in [0.25, 0.3) is 0 Å². The highest BCUT2D eigenvalue weighted by molar-refractivity contribution is 5.41. The molecule has 1 aromatic rings. The van der Waals surface area contributed by atoms with E-state index in [-0.39, 0.29) is 0 Å². The summed E-state index contributed by atoms with van der Waals surface area (Å²) >= 11 is 0. The van der Waals surface area contributed by atoms with Crippen molar-refractivity contribution in [2.45, 2.75) is 19.8 Å². The van der Waals surface area contributed by atoms with E-state index in [0.717, 1.165) is 18.5 Å². The highest BCUT2D eigenvalue weighted by Gasteiger charge is 2.03. The quantitative estimate of drug-likeness (QED) is 0.704. The van der Waals surface area contributed by atoms with E-state index >= 15 is 0 Å². The lowest BCUT2D eigenvalue weighted by Gasteiger charge is -2.02. The van der Waals surface area contributed by atoms with Gasteiger partial charge in [-0.15, -0.1) is 0 Å². The minimum absolute atomic E-state index is 0.837. The molecule has 0 bridgehead atoms. The van der Waals surface area contributed by atoms with Crippen molar-refractivity contribution < 1.29 is 0 Å². The number of hydrogen-bond acceptors (Lipinski definition) is 1. The van der Waals surface area contributed by atoms with Crippen molar-refractivity contribution in [3.05, 3.63) is 53.1 Å². The lowest BCUT2D eigenvalue weighted by Crippen LogP contribution is -1.89. The van der Waals surface area contributed by atoms with Crippen molar-refractivity contribution in [1.29, 1.82) is 0 Å². The van der Waals surface area contributed by atoms with Crippen LogP contribution in [0.2, 0.25) is 0 Å². The molecule has 0 spiro atoms. The molecular weight excluding hydrogens is 170 g/mol. The lowest BCUT2D eigenvalue weighted by atomic mass is 10.0. The fourth-order valence-corrected chi connectivity index (χ4v) is 1.75. The zero-order chi connectivity index (χ0) is 9.97. The molecule has 1 aliphatic rings. The Kier molecular flexibility index (Phi) is 2.40. The number of nitrogen functional groups attached to an aromatic ring is 1. The molecule has 72 valence electrons. The van der Waals surface area contributed by atoms with Crippen LogP contribution >= 0.6 is 0 Å². The van der Waals surface area contributed by atoms with E-state index in [1.165, 1.54) is 16.7 Å². The van der Waals surface area contributed by atoms with Crippen LogP contribution in [0.4, 0.5) is 5.69 Å². The molecule has 0 heterocycles. The van der Waals surface area contributed by atoms with Crippen molar-refractivity contribution in [2.24, 2.45) is 0 Å². The summed E-state index contributed by atoms with van der Waals surface area (Å²) in [6, 6.07) is 8.13. The third-order valence-electron chi connectivity index (χ3n) is 2.53. The molecule has 0 aliphatic heterocycles. The molecule has 0 atom stereocenters. The second-order valence-corrected chi connectivity index (χ2v) is 3.87. The Morgan fingerprint density at radius 3 is 2.50 bits per heavy atom. The normalized spacial score (nSPS) is 15.2. The Morgan fingerprint density at radius 2 is 1.93 bits per heavy atom. The zero-order valence-electron chi connectivity index (χ0n) is 8.46. The van der Waals surface area contributed by atoms with Crippen LogP contribution in [0.5, 0.6) is 0 Å². The summed E-state index contributed by atoms with van der Waals surface area (Å²) in [5.41, 5.74) is 10.7. The summed E-state index contributed by atoms with van der Waals surface area (Å²) in [4.78, 5) is 0. The third-order valence-corrected chi connectivity index (χ3v) is 2.53. The van der Waals surface area contributed by atoms with Crippen molar-refractivity contribution in [3.8, 4) is 0 Å². The lowest BCUT2D eigenvalue weighted by molar-refractivity contribution is 1.09. The molecule has 0 unspecified atom stereocenters. The van der Waals surface area contributed by atoms with E-state index in [9.17, 15) is 0 Å². The van der Waals surface area contributed by atoms with E-state index in [2.05, 4.69) is 31.2 Å². The minimum Gasteiger partial charge on any atom is -0.399 e. The number of allylic oxidation sites excluding steroid dienone is 4. The number of nitrogens with two attached hydrogens (primary N) is 1. The monoisotopic (exact) mass is 185 g/mol. The fourth-order valence-electron chi connectivity index (χ4n) is 1.75. The average molecular weight is 185 g/mol. The first-order valence-corrected chi connectivity index (χ1v) is 4.94. The number of anilines is 1. The van der Waals surface area contributed by atoms with E-state index in [0.29, 0.717) is 0 Å². The van der Waals surface area contributed by atoms with Crippen LogP contribution < -0.4 is 5.73 Å². The third kappa shape index (κ3) is 2.05. The smallest absolute Gasteiger partial charge is 0.0314 e. The van der Waals surface area contributed by atoms with E-state index in [1.807, 2.05) is 12.1 Å². The van der Waals surface area contributed by atoms with Gasteiger partial charge in [0.2, 0.25) is 0 Å². The maximum absolute atomic E-state index is 5.63. The standard InChI is InChI=1S/C13H15N/c1-10-2-3-12(8-10)9-11-4-6-13(14)7-5-11/h2,4-8H,3,9,14H2,1H3. The van der Waals surface area contributed by atoms with Gasteiger partial charge in [-0.1, -0.05) is 35.4 Å². The van der Waals surface area contributed by atoms with Crippen molar-refractivity contribution in [1.82, 2.24) is 0 Å². The summed E-state index contributed by atoms with van der Waals surface area (Å²) < 4.78 is 0. The molecule has 1 heteroatoms. The van der Waals surface area contributed by atoms with Gasteiger partial charge in [-0.3, -0.25) is 0 Å². The van der Waals surface area contributed by atoms with Crippen molar-refractivity contribution in [3.63, 3.8) is 0 Å². The molecule has 0 saturated carbocycles. The summed E-state index contributed by atoms with van der Waals surface area (Å²) in [5.74, 6) is 0. The summed E-state index contributed by atoms with van der Waals surface area (Å²) in [7, 11) is 0. The van der Waals surface area contributed by atoms with Gasteiger partial charge in [-0.25, -0.2) is 0 Å². The molecule has 0 amide bonds. The Morgan fingerprint density at radius 1 is 1.21 bits per heavy atom. The van der Waals surface area contributed by atoms with Crippen LogP contribution in [0.15, 0.2) is 47.6 Å². The Labute approximate surface area is 84.9 Å². The van der Waals surface area contributed by atoms with Gasteiger partial charge in [0, 0.05) is 5.69 Å². The predicted octanol–water partition coefficient (Wildman–Crippen LogP) is 3.09. The van der Waals surface area contributed by atoms with Gasteiger partial charge < -0.3 is 5.73 Å². The highest BCUT2D eigenvalue weighted by Crippen LogP contribution is 2.21. The maximum atomic E-state index is 5.63. The first-order valence-electron chi connectivity index (χ1n) is 4.94. The Bertz CT molecular complexity index is 382. The van der Waals surface area contributed by atoms with Gasteiger partial charge in [0.25, 0.3) is 0 Å². The van der Waals surface area contributed by atoms with E-state index in [1.54, 1.807) is 0 Å². The number of hydrogen-bond donors (Lipinski definition) is 1. The van der Waals surface area contributed by atoms with Gasteiger partial charge in [0.15, 0.2) is 0 Å². The topological polar surface area (TPSA) is 26.0 Å². The largest absolute Gasteiger partial charge is 0.399 e. The summed E-state index contributed by atoms with van der Waals surface area (Å²) in [5, 5.41) is 0. The van der Waals surface area contributed by atoms with Crippen LogP contribution in [0, 0.1) is 0 Å². The summed E-state index contributed by atoms with van der Waals surface area (Å²) in [6.07, 6.45) is 6.70.